The minimum Gasteiger partial charge on any atom is -0.344 e. The number of aryl methyl sites for hydroxylation is 2. The summed E-state index contributed by atoms with van der Waals surface area (Å²) in [4.78, 5) is 15.9. The summed E-state index contributed by atoms with van der Waals surface area (Å²) in [5.74, 6) is 0.693. The number of hydrogen-bond acceptors (Lipinski definition) is 3. The largest absolute Gasteiger partial charge is 0.344 e. The number of nitrogens with one attached hydrogen (secondary N) is 1. The minimum absolute atomic E-state index is 0.0171. The molecule has 1 N–H and O–H groups in total. The van der Waals surface area contributed by atoms with Crippen molar-refractivity contribution in [2.75, 3.05) is 5.75 Å². The summed E-state index contributed by atoms with van der Waals surface area (Å²) in [7, 11) is 0. The molecule has 2 heterocycles. The van der Waals surface area contributed by atoms with Crippen LogP contribution >= 0.6 is 23.1 Å². The summed E-state index contributed by atoms with van der Waals surface area (Å²) in [5, 5.41) is 3.12. The highest BCUT2D eigenvalue weighted by Gasteiger charge is 2.25. The molecule has 1 aliphatic heterocycles. The molecule has 120 valence electrons. The van der Waals surface area contributed by atoms with Gasteiger partial charge in [-0.15, -0.1) is 23.1 Å². The second-order valence-corrected chi connectivity index (χ2v) is 8.39. The van der Waals surface area contributed by atoms with Crippen molar-refractivity contribution in [1.29, 1.82) is 0 Å². The topological polar surface area (TPSA) is 29.1 Å². The Morgan fingerprint density at radius 2 is 2.09 bits per heavy atom. The fourth-order valence-electron chi connectivity index (χ4n) is 3.35. The van der Waals surface area contributed by atoms with Gasteiger partial charge in [0.25, 0.3) is 5.91 Å². The molecule has 1 atom stereocenters. The van der Waals surface area contributed by atoms with Gasteiger partial charge in [0.2, 0.25) is 0 Å². The zero-order valence-electron chi connectivity index (χ0n) is 12.7. The number of carbonyl (C=O) groups is 1. The van der Waals surface area contributed by atoms with Gasteiger partial charge in [0.1, 0.15) is 5.82 Å². The van der Waals surface area contributed by atoms with Gasteiger partial charge in [-0.3, -0.25) is 4.79 Å². The SMILES string of the molecule is O=C(NC1CCSc2ccc(F)cc21)c1cc2c(s1)CCCC2. The van der Waals surface area contributed by atoms with Crippen molar-refractivity contribution < 1.29 is 9.18 Å². The molecule has 5 heteroatoms. The van der Waals surface area contributed by atoms with E-state index in [0.29, 0.717) is 0 Å². The van der Waals surface area contributed by atoms with E-state index in [-0.39, 0.29) is 17.8 Å². The van der Waals surface area contributed by atoms with E-state index in [1.807, 2.05) is 6.07 Å². The molecule has 0 spiro atoms. The molecule has 2 nitrogen and oxygen atoms in total. The average molecular weight is 347 g/mol. The summed E-state index contributed by atoms with van der Waals surface area (Å²) in [5.41, 5.74) is 2.26. The second kappa shape index (κ2) is 6.29. The molecular weight excluding hydrogens is 329 g/mol. The smallest absolute Gasteiger partial charge is 0.261 e. The zero-order chi connectivity index (χ0) is 15.8. The summed E-state index contributed by atoms with van der Waals surface area (Å²) in [6.07, 6.45) is 5.48. The quantitative estimate of drug-likeness (QED) is 0.851. The fourth-order valence-corrected chi connectivity index (χ4v) is 5.61. The lowest BCUT2D eigenvalue weighted by Gasteiger charge is -2.25. The van der Waals surface area contributed by atoms with E-state index in [2.05, 4.69) is 11.4 Å². The van der Waals surface area contributed by atoms with Gasteiger partial charge in [-0.2, -0.15) is 0 Å². The van der Waals surface area contributed by atoms with Crippen molar-refractivity contribution in [3.8, 4) is 0 Å². The van der Waals surface area contributed by atoms with Gasteiger partial charge in [0, 0.05) is 15.5 Å². The molecule has 1 aliphatic carbocycles. The highest BCUT2D eigenvalue weighted by Crippen LogP contribution is 2.37. The van der Waals surface area contributed by atoms with Gasteiger partial charge in [-0.05, 0) is 67.5 Å². The Bertz CT molecular complexity index is 732. The standard InChI is InChI=1S/C18H18FNOS2/c19-12-5-6-16-13(10-12)14(7-8-22-16)20-18(21)17-9-11-3-1-2-4-15(11)23-17/h5-6,9-10,14H,1-4,7-8H2,(H,20,21). The number of thiophene rings is 1. The number of hydrogen-bond donors (Lipinski definition) is 1. The number of halogens is 1. The van der Waals surface area contributed by atoms with E-state index >= 15 is 0 Å². The molecule has 1 aromatic carbocycles. The molecule has 0 bridgehead atoms. The van der Waals surface area contributed by atoms with Crippen molar-refractivity contribution in [2.45, 2.75) is 43.0 Å². The Balaban J connectivity index is 1.56. The number of rotatable bonds is 2. The van der Waals surface area contributed by atoms with Gasteiger partial charge >= 0.3 is 0 Å². The number of carbonyl (C=O) groups excluding carboxylic acids is 1. The highest BCUT2D eigenvalue weighted by atomic mass is 32.2. The molecule has 0 fully saturated rings. The van der Waals surface area contributed by atoms with E-state index in [4.69, 9.17) is 0 Å². The van der Waals surface area contributed by atoms with Gasteiger partial charge in [-0.1, -0.05) is 0 Å². The summed E-state index contributed by atoms with van der Waals surface area (Å²) in [6.45, 7) is 0. The van der Waals surface area contributed by atoms with Gasteiger partial charge in [0.15, 0.2) is 0 Å². The monoisotopic (exact) mass is 347 g/mol. The fraction of sp³-hybridized carbons (Fsp3) is 0.389. The van der Waals surface area contributed by atoms with Crippen LogP contribution in [0.3, 0.4) is 0 Å². The molecule has 1 aromatic heterocycles. The molecule has 2 aromatic rings. The van der Waals surface area contributed by atoms with Gasteiger partial charge in [0.05, 0.1) is 10.9 Å². The molecule has 2 aliphatic rings. The highest BCUT2D eigenvalue weighted by molar-refractivity contribution is 7.99. The first kappa shape index (κ1) is 15.2. The molecule has 1 unspecified atom stereocenters. The number of amides is 1. The maximum atomic E-state index is 13.6. The second-order valence-electron chi connectivity index (χ2n) is 6.11. The Kier molecular flexibility index (Phi) is 4.16. The average Bonchev–Trinajstić information content (AvgIpc) is 2.99. The van der Waals surface area contributed by atoms with Crippen molar-refractivity contribution in [3.63, 3.8) is 0 Å². The Morgan fingerprint density at radius 3 is 2.96 bits per heavy atom. The van der Waals surface area contributed by atoms with Crippen molar-refractivity contribution in [2.24, 2.45) is 0 Å². The summed E-state index contributed by atoms with van der Waals surface area (Å²) >= 11 is 3.36. The van der Waals surface area contributed by atoms with Crippen LogP contribution in [0, 0.1) is 5.82 Å². The lowest BCUT2D eigenvalue weighted by molar-refractivity contribution is 0.0939. The van der Waals surface area contributed by atoms with Crippen LogP contribution in [0.5, 0.6) is 0 Å². The third kappa shape index (κ3) is 3.04. The molecule has 23 heavy (non-hydrogen) atoms. The Labute approximate surface area is 143 Å². The lowest BCUT2D eigenvalue weighted by Crippen LogP contribution is -2.30. The van der Waals surface area contributed by atoms with Crippen LogP contribution in [0.1, 0.15) is 51.0 Å². The maximum absolute atomic E-state index is 13.6. The van der Waals surface area contributed by atoms with Crippen LogP contribution in [0.15, 0.2) is 29.2 Å². The van der Waals surface area contributed by atoms with Crippen molar-refractivity contribution in [1.82, 2.24) is 5.32 Å². The molecule has 1 amide bonds. The Morgan fingerprint density at radius 1 is 1.22 bits per heavy atom. The van der Waals surface area contributed by atoms with Gasteiger partial charge in [-0.25, -0.2) is 4.39 Å². The zero-order valence-corrected chi connectivity index (χ0v) is 14.4. The predicted octanol–water partition coefficient (Wildman–Crippen LogP) is 4.73. The van der Waals surface area contributed by atoms with Crippen LogP contribution in [0.2, 0.25) is 0 Å². The van der Waals surface area contributed by atoms with E-state index in [1.165, 1.54) is 29.3 Å². The van der Waals surface area contributed by atoms with E-state index < -0.39 is 0 Å². The van der Waals surface area contributed by atoms with E-state index in [1.54, 1.807) is 29.2 Å². The first-order chi connectivity index (χ1) is 11.2. The van der Waals surface area contributed by atoms with E-state index in [9.17, 15) is 9.18 Å². The van der Waals surface area contributed by atoms with E-state index in [0.717, 1.165) is 40.4 Å². The minimum atomic E-state index is -0.239. The van der Waals surface area contributed by atoms with Crippen LogP contribution in [-0.4, -0.2) is 11.7 Å². The molecule has 0 saturated heterocycles. The third-order valence-electron chi connectivity index (χ3n) is 4.54. The third-order valence-corrected chi connectivity index (χ3v) is 6.90. The summed E-state index contributed by atoms with van der Waals surface area (Å²) in [6, 6.07) is 6.83. The van der Waals surface area contributed by atoms with Crippen LogP contribution in [0.25, 0.3) is 0 Å². The van der Waals surface area contributed by atoms with Crippen LogP contribution in [0.4, 0.5) is 4.39 Å². The lowest BCUT2D eigenvalue weighted by atomic mass is 9.99. The van der Waals surface area contributed by atoms with Gasteiger partial charge < -0.3 is 5.32 Å². The number of thioether (sulfide) groups is 1. The molecular formula is C18H18FNOS2. The normalized spacial score (nSPS) is 19.8. The predicted molar refractivity (Wildman–Crippen MR) is 92.9 cm³/mol. The molecule has 0 saturated carbocycles. The van der Waals surface area contributed by atoms with Crippen molar-refractivity contribution >= 4 is 29.0 Å². The first-order valence-corrected chi connectivity index (χ1v) is 9.85. The van der Waals surface area contributed by atoms with Crippen LogP contribution in [-0.2, 0) is 12.8 Å². The number of benzene rings is 1. The Hall–Kier alpha value is -1.33. The maximum Gasteiger partial charge on any atom is 0.261 e. The molecule has 0 radical (unpaired) electrons. The summed E-state index contributed by atoms with van der Waals surface area (Å²) < 4.78 is 13.6. The first-order valence-electron chi connectivity index (χ1n) is 8.05. The van der Waals surface area contributed by atoms with Crippen LogP contribution < -0.4 is 5.32 Å². The van der Waals surface area contributed by atoms with Crippen molar-refractivity contribution in [3.05, 3.63) is 51.0 Å². The number of fused-ring (bicyclic) bond motifs is 2. The molecule has 4 rings (SSSR count).